The molecule has 0 aromatic carbocycles. The van der Waals surface area contributed by atoms with E-state index in [1.165, 1.54) is 11.3 Å². The molecule has 1 atom stereocenters. The minimum atomic E-state index is -0.625. The number of rotatable bonds is 7. The summed E-state index contributed by atoms with van der Waals surface area (Å²) in [6.07, 6.45) is 0. The maximum atomic E-state index is 11.8. The van der Waals surface area contributed by atoms with Crippen LogP contribution < -0.4 is 16.0 Å². The molecule has 1 rings (SSSR count). The van der Waals surface area contributed by atoms with Crippen LogP contribution in [0.5, 0.6) is 0 Å². The van der Waals surface area contributed by atoms with Gasteiger partial charge in [0.2, 0.25) is 11.8 Å². The van der Waals surface area contributed by atoms with Crippen molar-refractivity contribution in [3.8, 4) is 0 Å². The third kappa shape index (κ3) is 5.95. The van der Waals surface area contributed by atoms with Crippen molar-refractivity contribution in [3.63, 3.8) is 0 Å². The molecule has 0 saturated carbocycles. The Bertz CT molecular complexity index is 486. The van der Waals surface area contributed by atoms with E-state index < -0.39 is 6.04 Å². The van der Waals surface area contributed by atoms with E-state index in [0.29, 0.717) is 18.0 Å². The van der Waals surface area contributed by atoms with Crippen molar-refractivity contribution in [2.24, 2.45) is 5.92 Å². The van der Waals surface area contributed by atoms with Crippen LogP contribution in [0, 0.1) is 5.92 Å². The molecule has 1 aromatic rings. The van der Waals surface area contributed by atoms with Crippen LogP contribution in [0.25, 0.3) is 0 Å². The predicted molar refractivity (Wildman–Crippen MR) is 82.1 cm³/mol. The maximum Gasteiger partial charge on any atom is 0.261 e. The third-order valence-corrected chi connectivity index (χ3v) is 3.60. The van der Waals surface area contributed by atoms with Gasteiger partial charge in [-0.1, -0.05) is 19.9 Å². The van der Waals surface area contributed by atoms with Crippen LogP contribution in [-0.2, 0) is 9.59 Å². The third-order valence-electron chi connectivity index (χ3n) is 2.73. The van der Waals surface area contributed by atoms with E-state index >= 15 is 0 Å². The fourth-order valence-corrected chi connectivity index (χ4v) is 2.10. The first-order chi connectivity index (χ1) is 9.91. The number of carbonyl (C=O) groups excluding carboxylic acids is 3. The van der Waals surface area contributed by atoms with Gasteiger partial charge in [0.1, 0.15) is 6.04 Å². The number of hydrogen-bond donors (Lipinski definition) is 3. The molecule has 0 aliphatic carbocycles. The van der Waals surface area contributed by atoms with Gasteiger partial charge in [-0.05, 0) is 18.4 Å². The van der Waals surface area contributed by atoms with Crippen LogP contribution in [0.1, 0.15) is 30.4 Å². The Hall–Kier alpha value is -1.89. The van der Waals surface area contributed by atoms with E-state index in [-0.39, 0.29) is 23.6 Å². The summed E-state index contributed by atoms with van der Waals surface area (Å²) in [5, 5.41) is 9.79. The van der Waals surface area contributed by atoms with E-state index in [2.05, 4.69) is 16.0 Å². The van der Waals surface area contributed by atoms with E-state index in [9.17, 15) is 14.4 Å². The van der Waals surface area contributed by atoms with Gasteiger partial charge >= 0.3 is 0 Å². The van der Waals surface area contributed by atoms with Crippen LogP contribution >= 0.6 is 11.3 Å². The molecule has 7 heteroatoms. The average molecular weight is 311 g/mol. The number of nitrogens with one attached hydrogen (secondary N) is 3. The molecule has 0 fully saturated rings. The second kappa shape index (κ2) is 8.41. The van der Waals surface area contributed by atoms with E-state index in [1.54, 1.807) is 38.3 Å². The molecule has 1 aromatic heterocycles. The van der Waals surface area contributed by atoms with E-state index in [0.717, 1.165) is 0 Å². The monoisotopic (exact) mass is 311 g/mol. The van der Waals surface area contributed by atoms with Gasteiger partial charge in [0, 0.05) is 19.0 Å². The molecule has 0 aliphatic heterocycles. The van der Waals surface area contributed by atoms with Gasteiger partial charge in [-0.3, -0.25) is 14.4 Å². The average Bonchev–Trinajstić information content (AvgIpc) is 2.96. The Kier molecular flexibility index (Phi) is 6.87. The first-order valence-corrected chi connectivity index (χ1v) is 7.69. The summed E-state index contributed by atoms with van der Waals surface area (Å²) >= 11 is 1.32. The normalized spacial score (nSPS) is 11.8. The molecule has 0 saturated heterocycles. The second-order valence-electron chi connectivity index (χ2n) is 4.91. The first-order valence-electron chi connectivity index (χ1n) is 6.81. The molecule has 0 aliphatic rings. The Morgan fingerprint density at radius 2 is 1.71 bits per heavy atom. The zero-order chi connectivity index (χ0) is 15.8. The highest BCUT2D eigenvalue weighted by Crippen LogP contribution is 2.07. The second-order valence-corrected chi connectivity index (χ2v) is 5.86. The molecule has 3 amide bonds. The van der Waals surface area contributed by atoms with Crippen molar-refractivity contribution >= 4 is 29.1 Å². The molecule has 1 heterocycles. The highest BCUT2D eigenvalue weighted by atomic mass is 32.1. The molecular weight excluding hydrogens is 290 g/mol. The van der Waals surface area contributed by atoms with Gasteiger partial charge in [0.25, 0.3) is 5.91 Å². The van der Waals surface area contributed by atoms with Gasteiger partial charge in [-0.15, -0.1) is 11.3 Å². The van der Waals surface area contributed by atoms with Crippen LogP contribution in [0.15, 0.2) is 17.5 Å². The van der Waals surface area contributed by atoms with Gasteiger partial charge in [0.05, 0.1) is 4.88 Å². The summed E-state index contributed by atoms with van der Waals surface area (Å²) in [5.74, 6) is -0.674. The van der Waals surface area contributed by atoms with E-state index in [4.69, 9.17) is 0 Å². The lowest BCUT2D eigenvalue weighted by Crippen LogP contribution is -2.46. The Morgan fingerprint density at radius 1 is 1.10 bits per heavy atom. The summed E-state index contributed by atoms with van der Waals surface area (Å²) in [4.78, 5) is 35.5. The van der Waals surface area contributed by atoms with Crippen LogP contribution in [0.3, 0.4) is 0 Å². The SMILES string of the molecule is CC(C)C(=O)NCCNC(=O)C(C)NC(=O)c1cccs1. The molecule has 6 nitrogen and oxygen atoms in total. The lowest BCUT2D eigenvalue weighted by Gasteiger charge is -2.14. The van der Waals surface area contributed by atoms with Crippen molar-refractivity contribution in [2.45, 2.75) is 26.8 Å². The minimum absolute atomic E-state index is 0.0525. The Balaban J connectivity index is 2.25. The zero-order valence-electron chi connectivity index (χ0n) is 12.4. The molecule has 3 N–H and O–H groups in total. The van der Waals surface area contributed by atoms with Crippen molar-refractivity contribution in [1.82, 2.24) is 16.0 Å². The van der Waals surface area contributed by atoms with Crippen molar-refractivity contribution in [1.29, 1.82) is 0 Å². The predicted octanol–water partition coefficient (Wildman–Crippen LogP) is 0.755. The van der Waals surface area contributed by atoms with Gasteiger partial charge in [0.15, 0.2) is 0 Å². The molecule has 1 unspecified atom stereocenters. The summed E-state index contributed by atoms with van der Waals surface area (Å²) in [6.45, 7) is 5.92. The molecule has 0 bridgehead atoms. The van der Waals surface area contributed by atoms with E-state index in [1.807, 2.05) is 0 Å². The fraction of sp³-hybridized carbons (Fsp3) is 0.500. The molecular formula is C14H21N3O3S. The summed E-state index contributed by atoms with van der Waals surface area (Å²) in [5.41, 5.74) is 0. The quantitative estimate of drug-likeness (QED) is 0.650. The topological polar surface area (TPSA) is 87.3 Å². The minimum Gasteiger partial charge on any atom is -0.354 e. The molecule has 21 heavy (non-hydrogen) atoms. The highest BCUT2D eigenvalue weighted by Gasteiger charge is 2.16. The Labute approximate surface area is 128 Å². The number of hydrogen-bond acceptors (Lipinski definition) is 4. The smallest absolute Gasteiger partial charge is 0.261 e. The molecule has 0 spiro atoms. The molecule has 116 valence electrons. The molecule has 0 radical (unpaired) electrons. The van der Waals surface area contributed by atoms with Crippen LogP contribution in [0.4, 0.5) is 0 Å². The summed E-state index contributed by atoms with van der Waals surface area (Å²) in [6, 6.07) is 2.86. The van der Waals surface area contributed by atoms with Gasteiger partial charge < -0.3 is 16.0 Å². The highest BCUT2D eigenvalue weighted by molar-refractivity contribution is 7.12. The van der Waals surface area contributed by atoms with Crippen molar-refractivity contribution < 1.29 is 14.4 Å². The van der Waals surface area contributed by atoms with Crippen LogP contribution in [0.2, 0.25) is 0 Å². The van der Waals surface area contributed by atoms with Crippen molar-refractivity contribution in [2.75, 3.05) is 13.1 Å². The zero-order valence-corrected chi connectivity index (χ0v) is 13.3. The lowest BCUT2D eigenvalue weighted by atomic mass is 10.2. The number of amides is 3. The fourth-order valence-electron chi connectivity index (χ4n) is 1.47. The van der Waals surface area contributed by atoms with Crippen LogP contribution in [-0.4, -0.2) is 36.9 Å². The maximum absolute atomic E-state index is 11.8. The Morgan fingerprint density at radius 3 is 2.24 bits per heavy atom. The van der Waals surface area contributed by atoms with Crippen molar-refractivity contribution in [3.05, 3.63) is 22.4 Å². The number of thiophene rings is 1. The summed E-state index contributed by atoms with van der Waals surface area (Å²) in [7, 11) is 0. The first kappa shape index (κ1) is 17.2. The number of carbonyl (C=O) groups is 3. The van der Waals surface area contributed by atoms with Gasteiger partial charge in [-0.25, -0.2) is 0 Å². The standard InChI is InChI=1S/C14H21N3O3S/c1-9(2)12(18)15-6-7-16-13(19)10(3)17-14(20)11-5-4-8-21-11/h4-5,8-10H,6-7H2,1-3H3,(H,15,18)(H,16,19)(H,17,20). The van der Waals surface area contributed by atoms with Gasteiger partial charge in [-0.2, -0.15) is 0 Å². The largest absolute Gasteiger partial charge is 0.354 e. The summed E-state index contributed by atoms with van der Waals surface area (Å²) < 4.78 is 0. The lowest BCUT2D eigenvalue weighted by molar-refractivity contribution is -0.125.